The van der Waals surface area contributed by atoms with Crippen LogP contribution in [0.3, 0.4) is 0 Å². The Labute approximate surface area is 255 Å². The van der Waals surface area contributed by atoms with Crippen molar-refractivity contribution in [3.8, 4) is 23.7 Å². The molecule has 0 atom stereocenters. The monoisotopic (exact) mass is 564 g/mol. The third-order valence-electron chi connectivity index (χ3n) is 7.27. The second-order valence-electron chi connectivity index (χ2n) is 12.7. The summed E-state index contributed by atoms with van der Waals surface area (Å²) in [6, 6.07) is 31.2. The Kier molecular flexibility index (Phi) is 7.99. The lowest BCUT2D eigenvalue weighted by Crippen LogP contribution is -2.46. The van der Waals surface area contributed by atoms with Gasteiger partial charge in [0, 0.05) is 33.2 Å². The second kappa shape index (κ2) is 11.7. The summed E-state index contributed by atoms with van der Waals surface area (Å²) in [4.78, 5) is 29.7. The smallest absolute Gasteiger partial charge is 0.260 e. The largest absolute Gasteiger partial charge is 0.306 e. The Bertz CT molecular complexity index is 1830. The number of rotatable bonds is 0. The molecule has 2 heterocycles. The van der Waals surface area contributed by atoms with Gasteiger partial charge in [0.15, 0.2) is 0 Å². The summed E-state index contributed by atoms with van der Waals surface area (Å²) in [5.41, 5.74) is 6.31. The van der Waals surface area contributed by atoms with Gasteiger partial charge in [-0.3, -0.25) is 9.59 Å². The molecule has 4 nitrogen and oxygen atoms in total. The predicted molar refractivity (Wildman–Crippen MR) is 175 cm³/mol. The summed E-state index contributed by atoms with van der Waals surface area (Å²) < 4.78 is 0. The Balaban J connectivity index is 0.000000171. The fourth-order valence-corrected chi connectivity index (χ4v) is 5.15. The van der Waals surface area contributed by atoms with E-state index in [-0.39, 0.29) is 17.4 Å². The first kappa shape index (κ1) is 29.4. The van der Waals surface area contributed by atoms with Crippen molar-refractivity contribution in [2.45, 2.75) is 53.6 Å². The van der Waals surface area contributed by atoms with Crippen LogP contribution in [0.4, 0.5) is 11.4 Å². The Morgan fingerprint density at radius 2 is 1.07 bits per heavy atom. The molecule has 0 saturated heterocycles. The van der Waals surface area contributed by atoms with Crippen molar-refractivity contribution in [3.63, 3.8) is 0 Å². The molecular weight excluding hydrogens is 528 g/mol. The van der Waals surface area contributed by atoms with Crippen molar-refractivity contribution in [1.82, 2.24) is 0 Å². The number of amides is 2. The summed E-state index contributed by atoms with van der Waals surface area (Å²) in [7, 11) is 0. The number of hydrogen-bond acceptors (Lipinski definition) is 2. The van der Waals surface area contributed by atoms with Gasteiger partial charge in [-0.1, -0.05) is 99.1 Å². The van der Waals surface area contributed by atoms with E-state index in [1.54, 1.807) is 0 Å². The number of anilines is 2. The van der Waals surface area contributed by atoms with Crippen molar-refractivity contribution in [2.75, 3.05) is 9.80 Å². The number of fused-ring (bicyclic) bond motifs is 4. The van der Waals surface area contributed by atoms with Crippen molar-refractivity contribution >= 4 is 23.2 Å². The molecule has 6 rings (SSSR count). The van der Waals surface area contributed by atoms with Crippen LogP contribution in [0.1, 0.15) is 79.7 Å². The van der Waals surface area contributed by atoms with Crippen LogP contribution in [0.2, 0.25) is 0 Å². The first-order chi connectivity index (χ1) is 20.4. The normalized spacial score (nSPS) is 13.3. The Hall–Kier alpha value is -5.06. The Morgan fingerprint density at radius 1 is 0.605 bits per heavy atom. The van der Waals surface area contributed by atoms with Crippen LogP contribution in [0, 0.1) is 29.1 Å². The van der Waals surface area contributed by atoms with Crippen LogP contribution in [-0.2, 0) is 11.3 Å². The van der Waals surface area contributed by atoms with Crippen LogP contribution < -0.4 is 9.80 Å². The minimum atomic E-state index is -0.436. The molecule has 4 aromatic rings. The number of carbonyl (C=O) groups excluding carboxylic acids is 2. The van der Waals surface area contributed by atoms with Crippen LogP contribution >= 0.6 is 0 Å². The van der Waals surface area contributed by atoms with E-state index in [4.69, 9.17) is 0 Å². The van der Waals surface area contributed by atoms with Gasteiger partial charge < -0.3 is 9.80 Å². The van der Waals surface area contributed by atoms with E-state index in [1.165, 1.54) is 0 Å². The number of nitrogens with zero attached hydrogens (tertiary/aromatic N) is 2. The molecule has 4 aromatic carbocycles. The number of para-hydroxylation sites is 2. The first-order valence-electron chi connectivity index (χ1n) is 14.5. The topological polar surface area (TPSA) is 40.6 Å². The lowest BCUT2D eigenvalue weighted by molar-refractivity contribution is -0.125. The average molecular weight is 565 g/mol. The highest BCUT2D eigenvalue weighted by molar-refractivity contribution is 6.09. The summed E-state index contributed by atoms with van der Waals surface area (Å²) in [5.74, 6) is 12.9. The second-order valence-corrected chi connectivity index (χ2v) is 12.7. The maximum Gasteiger partial charge on any atom is 0.260 e. The van der Waals surface area contributed by atoms with E-state index in [0.717, 1.165) is 39.2 Å². The van der Waals surface area contributed by atoms with Crippen molar-refractivity contribution in [1.29, 1.82) is 0 Å². The maximum absolute atomic E-state index is 13.1. The summed E-state index contributed by atoms with van der Waals surface area (Å²) >= 11 is 0. The highest BCUT2D eigenvalue weighted by Gasteiger charge is 2.32. The van der Waals surface area contributed by atoms with Crippen molar-refractivity contribution in [2.24, 2.45) is 5.41 Å². The van der Waals surface area contributed by atoms with Crippen LogP contribution in [0.25, 0.3) is 0 Å². The van der Waals surface area contributed by atoms with E-state index < -0.39 is 5.41 Å². The fraction of sp³-hybridized carbons (Fsp3) is 0.231. The van der Waals surface area contributed by atoms with E-state index >= 15 is 0 Å². The zero-order valence-corrected chi connectivity index (χ0v) is 25.7. The van der Waals surface area contributed by atoms with Gasteiger partial charge in [-0.2, -0.15) is 0 Å². The number of hydrogen-bond donors (Lipinski definition) is 0. The third-order valence-corrected chi connectivity index (χ3v) is 7.27. The zero-order chi connectivity index (χ0) is 30.8. The lowest BCUT2D eigenvalue weighted by Gasteiger charge is -2.37. The zero-order valence-electron chi connectivity index (χ0n) is 25.7. The van der Waals surface area contributed by atoms with Gasteiger partial charge in [0.1, 0.15) is 0 Å². The van der Waals surface area contributed by atoms with E-state index in [0.29, 0.717) is 12.1 Å². The molecule has 0 aromatic heterocycles. The lowest BCUT2D eigenvalue weighted by atomic mass is 9.93. The van der Waals surface area contributed by atoms with Crippen molar-refractivity contribution < 1.29 is 9.59 Å². The van der Waals surface area contributed by atoms with Gasteiger partial charge in [0.05, 0.1) is 23.5 Å². The molecule has 0 bridgehead atoms. The molecule has 43 heavy (non-hydrogen) atoms. The van der Waals surface area contributed by atoms with Gasteiger partial charge in [-0.15, -0.1) is 0 Å². The Morgan fingerprint density at radius 3 is 1.70 bits per heavy atom. The number of benzene rings is 4. The molecule has 0 radical (unpaired) electrons. The highest BCUT2D eigenvalue weighted by atomic mass is 16.2. The average Bonchev–Trinajstić information content (AvgIpc) is 2.96. The van der Waals surface area contributed by atoms with E-state index in [9.17, 15) is 9.59 Å². The molecule has 2 aliphatic rings. The fourth-order valence-electron chi connectivity index (χ4n) is 5.15. The minimum absolute atomic E-state index is 0.000417. The summed E-state index contributed by atoms with van der Waals surface area (Å²) in [6.45, 7) is 12.5. The minimum Gasteiger partial charge on any atom is -0.306 e. The van der Waals surface area contributed by atoms with Crippen molar-refractivity contribution in [3.05, 3.63) is 130 Å². The van der Waals surface area contributed by atoms with Crippen LogP contribution in [-0.4, -0.2) is 17.4 Å². The summed E-state index contributed by atoms with van der Waals surface area (Å²) in [6.07, 6.45) is 0. The molecule has 2 aliphatic heterocycles. The molecule has 0 N–H and O–H groups in total. The number of carbonyl (C=O) groups is 2. The molecule has 0 unspecified atom stereocenters. The highest BCUT2D eigenvalue weighted by Crippen LogP contribution is 2.32. The van der Waals surface area contributed by atoms with Gasteiger partial charge in [0.25, 0.3) is 5.91 Å². The molecule has 0 aliphatic carbocycles. The molecule has 4 heteroatoms. The first-order valence-corrected chi connectivity index (χ1v) is 14.5. The molecule has 2 amide bonds. The van der Waals surface area contributed by atoms with Gasteiger partial charge in [0.2, 0.25) is 5.91 Å². The van der Waals surface area contributed by atoms with Crippen LogP contribution in [0.15, 0.2) is 97.1 Å². The van der Waals surface area contributed by atoms with Crippen LogP contribution in [0.5, 0.6) is 0 Å². The SMILES string of the molecule is CC(C)(C)C(=O)N1Cc2ccccc2C#Cc2ccccc21.CC(C)(C)N1C(=O)c2ccccc2C#Cc2ccccc21. The van der Waals surface area contributed by atoms with Gasteiger partial charge in [-0.25, -0.2) is 0 Å². The molecular formula is C39H36N2O2. The molecule has 0 fully saturated rings. The quantitative estimate of drug-likeness (QED) is 0.204. The standard InChI is InChI=1S/C20H19NO.C19H17NO/c1-20(2,3)19(22)21-14-17-10-5-4-8-15(17)12-13-16-9-6-7-11-18(16)21;1-19(2,3)20-17-11-7-5-9-15(17)13-12-14-8-4-6-10-16(14)18(20)21/h4-11H,14H2,1-3H3;4-11H,1-3H3. The molecule has 214 valence electrons. The predicted octanol–water partition coefficient (Wildman–Crippen LogP) is 7.82. The molecule has 0 saturated carbocycles. The van der Waals surface area contributed by atoms with Gasteiger partial charge in [-0.05, 0) is 68.8 Å². The van der Waals surface area contributed by atoms with E-state index in [1.807, 2.05) is 148 Å². The van der Waals surface area contributed by atoms with Gasteiger partial charge >= 0.3 is 0 Å². The van der Waals surface area contributed by atoms with E-state index in [2.05, 4.69) is 23.7 Å². The third kappa shape index (κ3) is 6.25. The maximum atomic E-state index is 13.1. The summed E-state index contributed by atoms with van der Waals surface area (Å²) in [5, 5.41) is 0. The molecule has 0 spiro atoms.